The molecule has 0 atom stereocenters. The predicted molar refractivity (Wildman–Crippen MR) is 134 cm³/mol. The Balaban J connectivity index is 1.40. The van der Waals surface area contributed by atoms with Crippen molar-refractivity contribution in [1.29, 1.82) is 0 Å². The minimum absolute atomic E-state index is 0.0262. The van der Waals surface area contributed by atoms with E-state index in [1.165, 1.54) is 7.11 Å². The Kier molecular flexibility index (Phi) is 6.63. The van der Waals surface area contributed by atoms with E-state index in [2.05, 4.69) is 5.32 Å². The maximum absolute atomic E-state index is 13.0. The van der Waals surface area contributed by atoms with Crippen LogP contribution < -0.4 is 14.8 Å². The fraction of sp³-hybridized carbons (Fsp3) is 0.345. The fourth-order valence-corrected chi connectivity index (χ4v) is 5.11. The van der Waals surface area contributed by atoms with E-state index in [0.717, 1.165) is 24.0 Å². The average molecular weight is 488 g/mol. The zero-order valence-corrected chi connectivity index (χ0v) is 20.5. The number of methoxy groups -OCH3 is 1. The molecule has 3 aliphatic rings. The van der Waals surface area contributed by atoms with Crippen molar-refractivity contribution in [3.05, 3.63) is 76.3 Å². The predicted octanol–water partition coefficient (Wildman–Crippen LogP) is 5.15. The van der Waals surface area contributed by atoms with E-state index in [9.17, 15) is 14.4 Å². The van der Waals surface area contributed by atoms with Crippen molar-refractivity contribution in [2.45, 2.75) is 51.4 Å². The highest BCUT2D eigenvalue weighted by atomic mass is 16.5. The van der Waals surface area contributed by atoms with E-state index in [1.54, 1.807) is 12.1 Å². The van der Waals surface area contributed by atoms with Gasteiger partial charge in [-0.1, -0.05) is 23.8 Å². The Hall–Kier alpha value is -3.87. The number of ketones is 2. The lowest BCUT2D eigenvalue weighted by atomic mass is 9.73. The third-order valence-electron chi connectivity index (χ3n) is 6.86. The third kappa shape index (κ3) is 4.65. The highest BCUT2D eigenvalue weighted by Crippen LogP contribution is 2.48. The summed E-state index contributed by atoms with van der Waals surface area (Å²) in [7, 11) is 1.52. The number of Topliss-reactive ketones (excluding diaryl/α,β-unsaturated/α-hetero) is 2. The van der Waals surface area contributed by atoms with Crippen LogP contribution in [0.15, 0.2) is 65.1 Å². The minimum atomic E-state index is -0.475. The number of allylic oxidation sites excluding steroid dienone is 4. The molecule has 5 rings (SSSR count). The summed E-state index contributed by atoms with van der Waals surface area (Å²) in [5.74, 6) is 1.50. The first kappa shape index (κ1) is 23.9. The Bertz CT molecular complexity index is 1250. The molecule has 0 aromatic heterocycles. The molecule has 2 aliphatic carbocycles. The molecule has 2 aromatic rings. The number of anilines is 1. The first-order valence-corrected chi connectivity index (χ1v) is 12.3. The van der Waals surface area contributed by atoms with Crippen molar-refractivity contribution < 1.29 is 28.6 Å². The zero-order valence-electron chi connectivity index (χ0n) is 20.5. The van der Waals surface area contributed by atoms with E-state index >= 15 is 0 Å². The smallest absolute Gasteiger partial charge is 0.262 e. The van der Waals surface area contributed by atoms with E-state index in [4.69, 9.17) is 14.2 Å². The second kappa shape index (κ2) is 10.0. The number of benzene rings is 2. The number of rotatable bonds is 6. The molecular formula is C29H29NO6. The van der Waals surface area contributed by atoms with Crippen molar-refractivity contribution in [3.8, 4) is 11.5 Å². The number of hydrogen-bond acceptors (Lipinski definition) is 6. The van der Waals surface area contributed by atoms with Gasteiger partial charge in [-0.05, 0) is 49.6 Å². The van der Waals surface area contributed by atoms with Crippen molar-refractivity contribution >= 4 is 23.2 Å². The van der Waals surface area contributed by atoms with Crippen LogP contribution in [0, 0.1) is 6.92 Å². The van der Waals surface area contributed by atoms with Gasteiger partial charge in [-0.15, -0.1) is 0 Å². The molecule has 2 aromatic carbocycles. The molecule has 1 amide bonds. The molecule has 186 valence electrons. The highest BCUT2D eigenvalue weighted by molar-refractivity contribution is 6.05. The van der Waals surface area contributed by atoms with Crippen molar-refractivity contribution in [3.63, 3.8) is 0 Å². The maximum atomic E-state index is 13.0. The Morgan fingerprint density at radius 3 is 2.17 bits per heavy atom. The number of carbonyl (C=O) groups is 3. The van der Waals surface area contributed by atoms with Crippen LogP contribution in [0.5, 0.6) is 11.5 Å². The molecule has 7 nitrogen and oxygen atoms in total. The van der Waals surface area contributed by atoms with Crippen LogP contribution in [0.1, 0.15) is 55.6 Å². The lowest BCUT2D eigenvalue weighted by Crippen LogP contribution is -2.30. The van der Waals surface area contributed by atoms with E-state index < -0.39 is 5.92 Å². The summed E-state index contributed by atoms with van der Waals surface area (Å²) in [4.78, 5) is 38.4. The lowest BCUT2D eigenvalue weighted by molar-refractivity contribution is -0.119. The van der Waals surface area contributed by atoms with Gasteiger partial charge < -0.3 is 19.5 Å². The van der Waals surface area contributed by atoms with Crippen LogP contribution in [-0.4, -0.2) is 31.2 Å². The van der Waals surface area contributed by atoms with Gasteiger partial charge in [-0.2, -0.15) is 0 Å². The van der Waals surface area contributed by atoms with Gasteiger partial charge in [-0.3, -0.25) is 14.4 Å². The third-order valence-corrected chi connectivity index (χ3v) is 6.86. The molecule has 0 radical (unpaired) electrons. The number of nitrogens with one attached hydrogen (secondary N) is 1. The monoisotopic (exact) mass is 487 g/mol. The second-order valence-corrected chi connectivity index (χ2v) is 9.38. The number of ether oxygens (including phenoxy) is 3. The molecule has 0 saturated carbocycles. The molecule has 0 bridgehead atoms. The SMILES string of the molecule is COc1cc(C2C3=C(CCCC3=O)OC3=C2C(=O)CCC3)ccc1OCC(=O)Nc1ccc(C)cc1. The zero-order chi connectivity index (χ0) is 25.2. The summed E-state index contributed by atoms with van der Waals surface area (Å²) in [5.41, 5.74) is 3.75. The van der Waals surface area contributed by atoms with Crippen LogP contribution in [-0.2, 0) is 19.1 Å². The lowest BCUT2D eigenvalue weighted by Gasteiger charge is -2.36. The fourth-order valence-electron chi connectivity index (χ4n) is 5.11. The maximum Gasteiger partial charge on any atom is 0.262 e. The molecule has 0 spiro atoms. The molecule has 1 aliphatic heterocycles. The molecule has 0 unspecified atom stereocenters. The Morgan fingerprint density at radius 2 is 1.56 bits per heavy atom. The number of amides is 1. The quantitative estimate of drug-likeness (QED) is 0.606. The summed E-state index contributed by atoms with van der Waals surface area (Å²) in [6.07, 6.45) is 3.78. The molecule has 1 N–H and O–H groups in total. The minimum Gasteiger partial charge on any atom is -0.493 e. The van der Waals surface area contributed by atoms with E-state index in [-0.39, 0.29) is 24.1 Å². The topological polar surface area (TPSA) is 90.9 Å². The summed E-state index contributed by atoms with van der Waals surface area (Å²) in [6.45, 7) is 1.79. The first-order valence-electron chi connectivity index (χ1n) is 12.3. The standard InChI is InChI=1S/C29H29NO6/c1-17-9-12-19(13-10-17)30-26(33)16-35-22-14-11-18(15-25(22)34-2)27-28-20(31)5-3-7-23(28)36-24-8-4-6-21(32)29(24)27/h9-15,27H,3-8,16H2,1-2H3,(H,30,33). The first-order chi connectivity index (χ1) is 17.4. The molecule has 0 fully saturated rings. The van der Waals surface area contributed by atoms with Crippen molar-refractivity contribution in [2.24, 2.45) is 0 Å². The van der Waals surface area contributed by atoms with Crippen LogP contribution in [0.25, 0.3) is 0 Å². The van der Waals surface area contributed by atoms with Crippen LogP contribution >= 0.6 is 0 Å². The van der Waals surface area contributed by atoms with Gasteiger partial charge in [0.05, 0.1) is 7.11 Å². The van der Waals surface area contributed by atoms with E-state index in [0.29, 0.717) is 65.5 Å². The second-order valence-electron chi connectivity index (χ2n) is 9.38. The molecular weight excluding hydrogens is 458 g/mol. The average Bonchev–Trinajstić information content (AvgIpc) is 2.88. The van der Waals surface area contributed by atoms with Crippen molar-refractivity contribution in [2.75, 3.05) is 19.0 Å². The van der Waals surface area contributed by atoms with Gasteiger partial charge in [-0.25, -0.2) is 0 Å². The Morgan fingerprint density at radius 1 is 0.917 bits per heavy atom. The Labute approximate surface area is 210 Å². The van der Waals surface area contributed by atoms with Gasteiger partial charge in [0.1, 0.15) is 11.5 Å². The van der Waals surface area contributed by atoms with Gasteiger partial charge >= 0.3 is 0 Å². The molecule has 1 heterocycles. The van der Waals surface area contributed by atoms with Gasteiger partial charge in [0.25, 0.3) is 5.91 Å². The van der Waals surface area contributed by atoms with Gasteiger partial charge in [0.2, 0.25) is 0 Å². The van der Waals surface area contributed by atoms with Crippen LogP contribution in [0.2, 0.25) is 0 Å². The largest absolute Gasteiger partial charge is 0.493 e. The van der Waals surface area contributed by atoms with Crippen LogP contribution in [0.4, 0.5) is 5.69 Å². The molecule has 36 heavy (non-hydrogen) atoms. The summed E-state index contributed by atoms with van der Waals surface area (Å²) in [6, 6.07) is 12.9. The molecule has 0 saturated heterocycles. The summed E-state index contributed by atoms with van der Waals surface area (Å²) < 4.78 is 17.4. The number of carbonyl (C=O) groups excluding carboxylic acids is 3. The summed E-state index contributed by atoms with van der Waals surface area (Å²) >= 11 is 0. The van der Waals surface area contributed by atoms with Crippen LogP contribution in [0.3, 0.4) is 0 Å². The molecule has 7 heteroatoms. The van der Waals surface area contributed by atoms with E-state index in [1.807, 2.05) is 37.3 Å². The normalized spacial score (nSPS) is 17.8. The van der Waals surface area contributed by atoms with Gasteiger partial charge in [0, 0.05) is 48.4 Å². The van der Waals surface area contributed by atoms with Gasteiger partial charge in [0.15, 0.2) is 29.7 Å². The highest BCUT2D eigenvalue weighted by Gasteiger charge is 2.41. The van der Waals surface area contributed by atoms with Crippen molar-refractivity contribution in [1.82, 2.24) is 0 Å². The number of aryl methyl sites for hydroxylation is 1. The summed E-state index contributed by atoms with van der Waals surface area (Å²) in [5, 5.41) is 2.81. The number of hydrogen-bond donors (Lipinski definition) is 1.